The van der Waals surface area contributed by atoms with E-state index in [2.05, 4.69) is 0 Å². The highest BCUT2D eigenvalue weighted by atomic mass is 16.6. The lowest BCUT2D eigenvalue weighted by Gasteiger charge is -2.24. The number of carbonyl (C=O) groups excluding carboxylic acids is 3. The molecule has 0 aromatic rings. The molecule has 132 valence electrons. The van der Waals surface area contributed by atoms with E-state index in [0.717, 1.165) is 0 Å². The van der Waals surface area contributed by atoms with Crippen molar-refractivity contribution in [2.24, 2.45) is 16.7 Å². The van der Waals surface area contributed by atoms with E-state index in [0.29, 0.717) is 12.8 Å². The van der Waals surface area contributed by atoms with Gasteiger partial charge in [0.15, 0.2) is 12.0 Å². The molecule has 7 nitrogen and oxygen atoms in total. The van der Waals surface area contributed by atoms with Crippen LogP contribution in [0.5, 0.6) is 0 Å². The number of carbonyl (C=O) groups is 3. The minimum absolute atomic E-state index is 0.131. The van der Waals surface area contributed by atoms with Crippen LogP contribution in [0.2, 0.25) is 0 Å². The van der Waals surface area contributed by atoms with Crippen LogP contribution in [-0.2, 0) is 28.6 Å². The van der Waals surface area contributed by atoms with Gasteiger partial charge < -0.3 is 14.2 Å². The van der Waals surface area contributed by atoms with Gasteiger partial charge in [-0.25, -0.2) is 4.79 Å². The summed E-state index contributed by atoms with van der Waals surface area (Å²) in [6.07, 6.45) is 0.0277. The Kier molecular flexibility index (Phi) is 4.88. The molecule has 2 rings (SSSR count). The standard InChI is InChI=1S/C17H23NO6/c1-5-10-13-11(7-17(10,9-18)15(21)24-13)23-12(19)8-22-14(20)16(3,4)6-2/h10-11,13H,5-8H2,1-4H3. The van der Waals surface area contributed by atoms with Crippen molar-refractivity contribution in [2.45, 2.75) is 59.2 Å². The van der Waals surface area contributed by atoms with Crippen molar-refractivity contribution in [3.8, 4) is 6.07 Å². The molecular formula is C17H23NO6. The fourth-order valence-corrected chi connectivity index (χ4v) is 3.28. The molecule has 1 aliphatic heterocycles. The molecule has 1 heterocycles. The summed E-state index contributed by atoms with van der Waals surface area (Å²) in [5.74, 6) is -1.99. The van der Waals surface area contributed by atoms with Gasteiger partial charge in [0.05, 0.1) is 11.5 Å². The van der Waals surface area contributed by atoms with Crippen LogP contribution in [0.1, 0.15) is 47.0 Å². The minimum Gasteiger partial charge on any atom is -0.457 e. The number of nitrogens with zero attached hydrogens (tertiary/aromatic N) is 1. The fourth-order valence-electron chi connectivity index (χ4n) is 3.28. The second-order valence-electron chi connectivity index (χ2n) is 7.01. The van der Waals surface area contributed by atoms with Crippen LogP contribution in [0.15, 0.2) is 0 Å². The molecular weight excluding hydrogens is 314 g/mol. The smallest absolute Gasteiger partial charge is 0.344 e. The van der Waals surface area contributed by atoms with E-state index in [1.54, 1.807) is 13.8 Å². The van der Waals surface area contributed by atoms with Crippen LogP contribution in [0, 0.1) is 28.1 Å². The van der Waals surface area contributed by atoms with Crippen LogP contribution >= 0.6 is 0 Å². The highest BCUT2D eigenvalue weighted by Crippen LogP contribution is 2.53. The third-order valence-corrected chi connectivity index (χ3v) is 5.21. The van der Waals surface area contributed by atoms with E-state index in [-0.39, 0.29) is 12.3 Å². The molecule has 0 spiro atoms. The molecule has 4 atom stereocenters. The highest BCUT2D eigenvalue weighted by Gasteiger charge is 2.67. The zero-order valence-corrected chi connectivity index (χ0v) is 14.5. The van der Waals surface area contributed by atoms with Crippen molar-refractivity contribution >= 4 is 17.9 Å². The Morgan fingerprint density at radius 3 is 2.58 bits per heavy atom. The third-order valence-electron chi connectivity index (χ3n) is 5.21. The minimum atomic E-state index is -1.23. The maximum atomic E-state index is 11.9. The molecule has 1 saturated carbocycles. The number of hydrogen-bond donors (Lipinski definition) is 0. The average Bonchev–Trinajstić information content (AvgIpc) is 3.00. The zero-order valence-electron chi connectivity index (χ0n) is 14.5. The Morgan fingerprint density at radius 1 is 1.42 bits per heavy atom. The van der Waals surface area contributed by atoms with Gasteiger partial charge in [-0.05, 0) is 26.7 Å². The first kappa shape index (κ1) is 18.2. The Hall–Kier alpha value is -2.10. The van der Waals surface area contributed by atoms with Gasteiger partial charge in [-0.15, -0.1) is 0 Å². The van der Waals surface area contributed by atoms with E-state index in [4.69, 9.17) is 14.2 Å². The van der Waals surface area contributed by atoms with Crippen molar-refractivity contribution in [3.63, 3.8) is 0 Å². The summed E-state index contributed by atoms with van der Waals surface area (Å²) in [5.41, 5.74) is -1.90. The molecule has 0 amide bonds. The first-order chi connectivity index (χ1) is 11.2. The summed E-state index contributed by atoms with van der Waals surface area (Å²) in [6.45, 7) is 6.70. The van der Waals surface area contributed by atoms with Gasteiger partial charge in [0.1, 0.15) is 12.2 Å². The van der Waals surface area contributed by atoms with E-state index >= 15 is 0 Å². The number of hydrogen-bond acceptors (Lipinski definition) is 7. The Balaban J connectivity index is 1.94. The number of fused-ring (bicyclic) bond motifs is 2. The van der Waals surface area contributed by atoms with Gasteiger partial charge in [-0.2, -0.15) is 5.26 Å². The lowest BCUT2D eigenvalue weighted by Crippen LogP contribution is -2.37. The van der Waals surface area contributed by atoms with Gasteiger partial charge >= 0.3 is 17.9 Å². The number of ether oxygens (including phenoxy) is 3. The summed E-state index contributed by atoms with van der Waals surface area (Å²) < 4.78 is 15.5. The van der Waals surface area contributed by atoms with E-state index in [1.807, 2.05) is 19.9 Å². The van der Waals surface area contributed by atoms with Crippen LogP contribution in [0.3, 0.4) is 0 Å². The van der Waals surface area contributed by atoms with E-state index in [9.17, 15) is 19.6 Å². The molecule has 0 radical (unpaired) electrons. The molecule has 7 heteroatoms. The van der Waals surface area contributed by atoms with E-state index < -0.39 is 47.6 Å². The number of esters is 3. The van der Waals surface area contributed by atoms with Gasteiger partial charge in [-0.3, -0.25) is 9.59 Å². The first-order valence-electron chi connectivity index (χ1n) is 8.21. The van der Waals surface area contributed by atoms with Gasteiger partial charge in [0.2, 0.25) is 0 Å². The van der Waals surface area contributed by atoms with Crippen LogP contribution in [0.25, 0.3) is 0 Å². The highest BCUT2D eigenvalue weighted by molar-refractivity contribution is 5.85. The predicted octanol–water partition coefficient (Wildman–Crippen LogP) is 1.74. The van der Waals surface area contributed by atoms with Gasteiger partial charge in [0.25, 0.3) is 0 Å². The van der Waals surface area contributed by atoms with Crippen molar-refractivity contribution in [2.75, 3.05) is 6.61 Å². The average molecular weight is 337 g/mol. The number of nitriles is 1. The Morgan fingerprint density at radius 2 is 2.08 bits per heavy atom. The van der Waals surface area contributed by atoms with Crippen LogP contribution in [-0.4, -0.2) is 36.7 Å². The Bertz CT molecular complexity index is 592. The third kappa shape index (κ3) is 2.85. The zero-order chi connectivity index (χ0) is 18.1. The molecule has 2 aliphatic rings. The van der Waals surface area contributed by atoms with Crippen LogP contribution in [0.4, 0.5) is 0 Å². The van der Waals surface area contributed by atoms with Crippen molar-refractivity contribution in [1.29, 1.82) is 5.26 Å². The van der Waals surface area contributed by atoms with Crippen LogP contribution < -0.4 is 0 Å². The molecule has 0 N–H and O–H groups in total. The molecule has 4 unspecified atom stereocenters. The molecule has 2 fully saturated rings. The van der Waals surface area contributed by atoms with E-state index in [1.165, 1.54) is 0 Å². The largest absolute Gasteiger partial charge is 0.457 e. The van der Waals surface area contributed by atoms with Gasteiger partial charge in [-0.1, -0.05) is 13.8 Å². The summed E-state index contributed by atoms with van der Waals surface area (Å²) in [4.78, 5) is 35.7. The van der Waals surface area contributed by atoms with Crippen molar-refractivity contribution in [1.82, 2.24) is 0 Å². The summed E-state index contributed by atoms with van der Waals surface area (Å²) in [5, 5.41) is 9.40. The maximum absolute atomic E-state index is 11.9. The SMILES string of the molecule is CCC1C2OC(=O)C1(C#N)CC2OC(=O)COC(=O)C(C)(C)CC. The Labute approximate surface area is 141 Å². The normalized spacial score (nSPS) is 31.3. The monoisotopic (exact) mass is 337 g/mol. The molecule has 0 aromatic carbocycles. The second kappa shape index (κ2) is 6.42. The molecule has 2 bridgehead atoms. The van der Waals surface area contributed by atoms with Crippen molar-refractivity contribution < 1.29 is 28.6 Å². The topological polar surface area (TPSA) is 103 Å². The first-order valence-corrected chi connectivity index (χ1v) is 8.21. The molecule has 24 heavy (non-hydrogen) atoms. The molecule has 0 aromatic heterocycles. The molecule has 1 aliphatic carbocycles. The lowest BCUT2D eigenvalue weighted by molar-refractivity contribution is -0.176. The summed E-state index contributed by atoms with van der Waals surface area (Å²) in [7, 11) is 0. The lowest BCUT2D eigenvalue weighted by atomic mass is 9.79. The fraction of sp³-hybridized carbons (Fsp3) is 0.765. The summed E-state index contributed by atoms with van der Waals surface area (Å²) >= 11 is 0. The predicted molar refractivity (Wildman–Crippen MR) is 81.2 cm³/mol. The number of rotatable bonds is 6. The summed E-state index contributed by atoms with van der Waals surface area (Å²) in [6, 6.07) is 2.05. The maximum Gasteiger partial charge on any atom is 0.344 e. The quantitative estimate of drug-likeness (QED) is 0.537. The van der Waals surface area contributed by atoms with Gasteiger partial charge in [0, 0.05) is 12.3 Å². The van der Waals surface area contributed by atoms with Crippen molar-refractivity contribution in [3.05, 3.63) is 0 Å². The molecule has 1 saturated heterocycles. The second-order valence-corrected chi connectivity index (χ2v) is 7.01.